The first-order chi connectivity index (χ1) is 11.3. The predicted molar refractivity (Wildman–Crippen MR) is 81.6 cm³/mol. The highest BCUT2D eigenvalue weighted by atomic mass is 16.5. The van der Waals surface area contributed by atoms with Crippen molar-refractivity contribution in [3.8, 4) is 0 Å². The number of carbonyl (C=O) groups is 2. The van der Waals surface area contributed by atoms with Crippen LogP contribution in [0, 0.1) is 11.3 Å². The molecular weight excluding hydrogens is 318 g/mol. The minimum atomic E-state index is -0.872. The zero-order valence-electron chi connectivity index (χ0n) is 13.8. The third-order valence-corrected chi connectivity index (χ3v) is 5.00. The van der Waals surface area contributed by atoms with E-state index in [2.05, 4.69) is 0 Å². The van der Waals surface area contributed by atoms with Gasteiger partial charge in [0.2, 0.25) is 0 Å². The Hall–Kier alpha value is -2.42. The van der Waals surface area contributed by atoms with Crippen molar-refractivity contribution >= 4 is 11.9 Å². The number of hydrogen-bond donors (Lipinski definition) is 0. The second-order valence-corrected chi connectivity index (χ2v) is 6.31. The van der Waals surface area contributed by atoms with Gasteiger partial charge in [-0.3, -0.25) is 23.5 Å². The van der Waals surface area contributed by atoms with E-state index >= 15 is 0 Å². The standard InChI is InChI=1S/C15H19N3O6/c1-16-10(4-11(19)17(2)14(16)22)12(20)18-5-9-6-24-8-15(9,7-18)13(21)23-3/h4,9H,5-8H2,1-3H3/t9-,15-/m0/s1. The molecule has 0 N–H and O–H groups in total. The fraction of sp³-hybridized carbons (Fsp3) is 0.600. The van der Waals surface area contributed by atoms with E-state index in [0.29, 0.717) is 13.2 Å². The van der Waals surface area contributed by atoms with Crippen molar-refractivity contribution < 1.29 is 19.1 Å². The maximum absolute atomic E-state index is 12.8. The first kappa shape index (κ1) is 16.4. The number of esters is 1. The van der Waals surface area contributed by atoms with E-state index in [0.717, 1.165) is 15.2 Å². The van der Waals surface area contributed by atoms with Crippen molar-refractivity contribution in [2.75, 3.05) is 33.4 Å². The van der Waals surface area contributed by atoms with Gasteiger partial charge in [-0.15, -0.1) is 0 Å². The van der Waals surface area contributed by atoms with Crippen LogP contribution >= 0.6 is 0 Å². The number of rotatable bonds is 2. The average Bonchev–Trinajstić information content (AvgIpc) is 3.13. The molecule has 0 spiro atoms. The lowest BCUT2D eigenvalue weighted by Gasteiger charge is -2.24. The Balaban J connectivity index is 1.95. The summed E-state index contributed by atoms with van der Waals surface area (Å²) in [7, 11) is 4.09. The van der Waals surface area contributed by atoms with Crippen molar-refractivity contribution in [1.29, 1.82) is 0 Å². The molecule has 0 aliphatic carbocycles. The Morgan fingerprint density at radius 2 is 2.00 bits per heavy atom. The zero-order chi connectivity index (χ0) is 17.6. The molecule has 1 amide bonds. The number of aromatic nitrogens is 2. The molecule has 1 aromatic heterocycles. The van der Waals surface area contributed by atoms with Gasteiger partial charge in [0, 0.05) is 39.2 Å². The zero-order valence-corrected chi connectivity index (χ0v) is 13.8. The molecule has 130 valence electrons. The summed E-state index contributed by atoms with van der Waals surface area (Å²) < 4.78 is 12.4. The highest BCUT2D eigenvalue weighted by molar-refractivity contribution is 5.93. The molecule has 9 nitrogen and oxygen atoms in total. The van der Waals surface area contributed by atoms with Gasteiger partial charge in [0.25, 0.3) is 11.5 Å². The average molecular weight is 337 g/mol. The molecule has 24 heavy (non-hydrogen) atoms. The summed E-state index contributed by atoms with van der Waals surface area (Å²) in [5, 5.41) is 0. The smallest absolute Gasteiger partial charge is 0.331 e. The molecule has 3 heterocycles. The molecule has 9 heteroatoms. The maximum atomic E-state index is 12.8. The molecule has 0 bridgehead atoms. The minimum Gasteiger partial charge on any atom is -0.468 e. The third kappa shape index (κ3) is 2.19. The maximum Gasteiger partial charge on any atom is 0.331 e. The molecule has 2 fully saturated rings. The normalized spacial score (nSPS) is 25.6. The van der Waals surface area contributed by atoms with Gasteiger partial charge < -0.3 is 14.4 Å². The molecule has 0 radical (unpaired) electrons. The van der Waals surface area contributed by atoms with Crippen LogP contribution in [-0.2, 0) is 28.4 Å². The summed E-state index contributed by atoms with van der Waals surface area (Å²) in [6.45, 7) is 1.03. The van der Waals surface area contributed by atoms with Gasteiger partial charge in [0.15, 0.2) is 0 Å². The Morgan fingerprint density at radius 1 is 1.29 bits per heavy atom. The number of nitrogens with zero attached hydrogens (tertiary/aromatic N) is 3. The van der Waals surface area contributed by atoms with E-state index < -0.39 is 28.5 Å². The van der Waals surface area contributed by atoms with E-state index in [4.69, 9.17) is 9.47 Å². The van der Waals surface area contributed by atoms with Crippen LogP contribution in [0.15, 0.2) is 15.7 Å². The summed E-state index contributed by atoms with van der Waals surface area (Å²) in [5.41, 5.74) is -1.99. The molecule has 3 rings (SSSR count). The van der Waals surface area contributed by atoms with Crippen molar-refractivity contribution in [2.45, 2.75) is 0 Å². The number of carbonyl (C=O) groups excluding carboxylic acids is 2. The summed E-state index contributed by atoms with van der Waals surface area (Å²) in [4.78, 5) is 50.3. The Morgan fingerprint density at radius 3 is 2.67 bits per heavy atom. The minimum absolute atomic E-state index is 0.00371. The Kier molecular flexibility index (Phi) is 3.83. The van der Waals surface area contributed by atoms with Crippen molar-refractivity contribution in [3.05, 3.63) is 32.6 Å². The number of fused-ring (bicyclic) bond motifs is 1. The van der Waals surface area contributed by atoms with E-state index in [-0.39, 0.29) is 24.8 Å². The van der Waals surface area contributed by atoms with Crippen LogP contribution < -0.4 is 11.2 Å². The van der Waals surface area contributed by atoms with Crippen LogP contribution in [0.25, 0.3) is 0 Å². The van der Waals surface area contributed by atoms with E-state index in [1.165, 1.54) is 26.1 Å². The summed E-state index contributed by atoms with van der Waals surface area (Å²) in [6, 6.07) is 1.14. The van der Waals surface area contributed by atoms with Crippen LogP contribution in [0.1, 0.15) is 10.5 Å². The molecule has 1 aromatic rings. The van der Waals surface area contributed by atoms with Crippen molar-refractivity contribution in [1.82, 2.24) is 14.0 Å². The van der Waals surface area contributed by atoms with E-state index in [1.807, 2.05) is 0 Å². The second kappa shape index (κ2) is 5.59. The van der Waals surface area contributed by atoms with Crippen molar-refractivity contribution in [3.63, 3.8) is 0 Å². The molecule has 2 atom stereocenters. The number of likely N-dealkylation sites (tertiary alicyclic amines) is 1. The monoisotopic (exact) mass is 337 g/mol. The van der Waals surface area contributed by atoms with Gasteiger partial charge in [-0.25, -0.2) is 4.79 Å². The van der Waals surface area contributed by atoms with E-state index in [9.17, 15) is 19.2 Å². The Bertz CT molecular complexity index is 825. The third-order valence-electron chi connectivity index (χ3n) is 5.00. The first-order valence-corrected chi connectivity index (χ1v) is 7.54. The molecule has 0 aromatic carbocycles. The summed E-state index contributed by atoms with van der Waals surface area (Å²) in [6.07, 6.45) is 0. The lowest BCUT2D eigenvalue weighted by molar-refractivity contribution is -0.153. The molecule has 0 saturated carbocycles. The van der Waals surface area contributed by atoms with Gasteiger partial charge in [-0.1, -0.05) is 0 Å². The topological polar surface area (TPSA) is 99.8 Å². The highest BCUT2D eigenvalue weighted by Gasteiger charge is 2.57. The number of methoxy groups -OCH3 is 1. The molecule has 2 aliphatic rings. The highest BCUT2D eigenvalue weighted by Crippen LogP contribution is 2.42. The SMILES string of the molecule is COC(=O)[C@@]12COC[C@@H]1CN(C(=O)c1cc(=O)n(C)c(=O)n1C)C2. The van der Waals surface area contributed by atoms with Crippen LogP contribution in [0.5, 0.6) is 0 Å². The summed E-state index contributed by atoms with van der Waals surface area (Å²) in [5.74, 6) is -1.01. The van der Waals surface area contributed by atoms with Gasteiger partial charge >= 0.3 is 11.7 Å². The van der Waals surface area contributed by atoms with Crippen LogP contribution in [0.4, 0.5) is 0 Å². The largest absolute Gasteiger partial charge is 0.468 e. The van der Waals surface area contributed by atoms with Crippen LogP contribution in [0.2, 0.25) is 0 Å². The van der Waals surface area contributed by atoms with Crippen LogP contribution in [0.3, 0.4) is 0 Å². The lowest BCUT2D eigenvalue weighted by Crippen LogP contribution is -2.43. The second-order valence-electron chi connectivity index (χ2n) is 6.31. The number of hydrogen-bond acceptors (Lipinski definition) is 6. The fourth-order valence-corrected chi connectivity index (χ4v) is 3.48. The van der Waals surface area contributed by atoms with Crippen LogP contribution in [-0.4, -0.2) is 59.3 Å². The molecular formula is C15H19N3O6. The Labute approximate surface area is 137 Å². The molecule has 0 unspecified atom stereocenters. The number of ether oxygens (including phenoxy) is 2. The fourth-order valence-electron chi connectivity index (χ4n) is 3.48. The van der Waals surface area contributed by atoms with Gasteiger partial charge in [0.1, 0.15) is 11.1 Å². The van der Waals surface area contributed by atoms with E-state index in [1.54, 1.807) is 0 Å². The van der Waals surface area contributed by atoms with Crippen molar-refractivity contribution in [2.24, 2.45) is 25.4 Å². The summed E-state index contributed by atoms with van der Waals surface area (Å²) >= 11 is 0. The molecule has 2 aliphatic heterocycles. The quantitative estimate of drug-likeness (QED) is 0.599. The van der Waals surface area contributed by atoms with Gasteiger partial charge in [-0.2, -0.15) is 0 Å². The lowest BCUT2D eigenvalue weighted by atomic mass is 9.81. The molecule has 2 saturated heterocycles. The van der Waals surface area contributed by atoms with Gasteiger partial charge in [0.05, 0.1) is 20.3 Å². The number of amides is 1. The van der Waals surface area contributed by atoms with Gasteiger partial charge in [-0.05, 0) is 0 Å². The predicted octanol–water partition coefficient (Wildman–Crippen LogP) is -1.65. The first-order valence-electron chi connectivity index (χ1n) is 7.54.